The molecule has 0 saturated carbocycles. The lowest BCUT2D eigenvalue weighted by molar-refractivity contribution is 0.0973. The number of nitrogens with zero attached hydrogens (tertiary/aromatic N) is 2. The van der Waals surface area contributed by atoms with E-state index in [9.17, 15) is 5.11 Å². The number of hydrogen-bond donors (Lipinski definition) is 1. The molecular formula is C18H30N2O. The van der Waals surface area contributed by atoms with Gasteiger partial charge in [-0.25, -0.2) is 0 Å². The molecule has 0 bridgehead atoms. The van der Waals surface area contributed by atoms with Crippen molar-refractivity contribution >= 4 is 0 Å². The predicted octanol–water partition coefficient (Wildman–Crippen LogP) is 3.29. The minimum Gasteiger partial charge on any atom is -0.388 e. The summed E-state index contributed by atoms with van der Waals surface area (Å²) in [4.78, 5) is 2.61. The van der Waals surface area contributed by atoms with Crippen molar-refractivity contribution in [2.45, 2.75) is 72.1 Å². The van der Waals surface area contributed by atoms with Crippen LogP contribution in [0, 0.1) is 12.3 Å². The first kappa shape index (κ1) is 15.1. The van der Waals surface area contributed by atoms with Gasteiger partial charge in [0, 0.05) is 29.5 Å². The van der Waals surface area contributed by atoms with Gasteiger partial charge in [-0.3, -0.25) is 4.90 Å². The van der Waals surface area contributed by atoms with E-state index in [1.807, 2.05) is 0 Å². The average molecular weight is 290 g/mol. The number of aliphatic hydroxyl groups is 1. The number of aliphatic hydroxyl groups excluding tert-OH is 1. The summed E-state index contributed by atoms with van der Waals surface area (Å²) in [6.07, 6.45) is 4.33. The third-order valence-electron chi connectivity index (χ3n) is 5.50. The summed E-state index contributed by atoms with van der Waals surface area (Å²) in [6, 6.07) is 2.90. The molecule has 2 atom stereocenters. The SMILES string of the molecule is CCN1CCCC1Cn1c(C)cc2c1CC(C)(C)CC2O. The van der Waals surface area contributed by atoms with Crippen molar-refractivity contribution < 1.29 is 5.11 Å². The van der Waals surface area contributed by atoms with Gasteiger partial charge in [-0.1, -0.05) is 20.8 Å². The largest absolute Gasteiger partial charge is 0.388 e. The van der Waals surface area contributed by atoms with Crippen LogP contribution in [-0.4, -0.2) is 33.7 Å². The van der Waals surface area contributed by atoms with Gasteiger partial charge in [0.15, 0.2) is 0 Å². The van der Waals surface area contributed by atoms with E-state index in [1.54, 1.807) is 0 Å². The van der Waals surface area contributed by atoms with E-state index in [0.717, 1.165) is 25.9 Å². The second-order valence-electron chi connectivity index (χ2n) is 7.78. The summed E-state index contributed by atoms with van der Waals surface area (Å²) in [5, 5.41) is 10.5. The summed E-state index contributed by atoms with van der Waals surface area (Å²) in [5.74, 6) is 0. The molecule has 2 heterocycles. The number of aryl methyl sites for hydroxylation is 1. The molecule has 1 saturated heterocycles. The Balaban J connectivity index is 1.90. The molecule has 3 heteroatoms. The molecule has 1 aliphatic carbocycles. The van der Waals surface area contributed by atoms with Crippen LogP contribution < -0.4 is 0 Å². The highest BCUT2D eigenvalue weighted by Gasteiger charge is 2.35. The molecule has 0 aromatic carbocycles. The van der Waals surface area contributed by atoms with Crippen LogP contribution in [0.3, 0.4) is 0 Å². The summed E-state index contributed by atoms with van der Waals surface area (Å²) in [6.45, 7) is 12.5. The van der Waals surface area contributed by atoms with Crippen LogP contribution in [0.25, 0.3) is 0 Å². The van der Waals surface area contributed by atoms with Crippen molar-refractivity contribution in [1.29, 1.82) is 0 Å². The zero-order valence-corrected chi connectivity index (χ0v) is 14.0. The summed E-state index contributed by atoms with van der Waals surface area (Å²) < 4.78 is 2.50. The Labute approximate surface area is 129 Å². The van der Waals surface area contributed by atoms with Crippen LogP contribution in [0.5, 0.6) is 0 Å². The van der Waals surface area contributed by atoms with Crippen LogP contribution >= 0.6 is 0 Å². The van der Waals surface area contributed by atoms with E-state index >= 15 is 0 Å². The molecule has 3 nitrogen and oxygen atoms in total. The van der Waals surface area contributed by atoms with Crippen LogP contribution in [0.15, 0.2) is 6.07 Å². The number of rotatable bonds is 3. The normalized spacial score (nSPS) is 28.8. The monoisotopic (exact) mass is 290 g/mol. The maximum atomic E-state index is 10.5. The van der Waals surface area contributed by atoms with Crippen LogP contribution in [0.1, 0.15) is 63.1 Å². The number of hydrogen-bond acceptors (Lipinski definition) is 2. The lowest BCUT2D eigenvalue weighted by Crippen LogP contribution is -2.34. The van der Waals surface area contributed by atoms with E-state index in [2.05, 4.69) is 43.2 Å². The molecule has 1 aromatic rings. The maximum absolute atomic E-state index is 10.5. The second-order valence-corrected chi connectivity index (χ2v) is 7.78. The molecule has 0 spiro atoms. The highest BCUT2D eigenvalue weighted by molar-refractivity contribution is 5.33. The minimum absolute atomic E-state index is 0.203. The average Bonchev–Trinajstić information content (AvgIpc) is 2.96. The molecular weight excluding hydrogens is 260 g/mol. The smallest absolute Gasteiger partial charge is 0.0812 e. The highest BCUT2D eigenvalue weighted by atomic mass is 16.3. The molecule has 118 valence electrons. The van der Waals surface area contributed by atoms with E-state index in [-0.39, 0.29) is 11.5 Å². The fourth-order valence-corrected chi connectivity index (χ4v) is 4.38. The lowest BCUT2D eigenvalue weighted by Gasteiger charge is -2.34. The highest BCUT2D eigenvalue weighted by Crippen LogP contribution is 2.42. The van der Waals surface area contributed by atoms with Gasteiger partial charge in [0.25, 0.3) is 0 Å². The first-order chi connectivity index (χ1) is 9.91. The van der Waals surface area contributed by atoms with E-state index in [1.165, 1.54) is 36.3 Å². The Bertz CT molecular complexity index is 518. The lowest BCUT2D eigenvalue weighted by atomic mass is 9.75. The summed E-state index contributed by atoms with van der Waals surface area (Å²) in [5.41, 5.74) is 4.10. The summed E-state index contributed by atoms with van der Waals surface area (Å²) >= 11 is 0. The molecule has 2 aliphatic rings. The maximum Gasteiger partial charge on any atom is 0.0812 e. The van der Waals surface area contributed by atoms with E-state index in [0.29, 0.717) is 6.04 Å². The minimum atomic E-state index is -0.283. The first-order valence-corrected chi connectivity index (χ1v) is 8.52. The number of aromatic nitrogens is 1. The van der Waals surface area contributed by atoms with Crippen molar-refractivity contribution in [3.05, 3.63) is 23.0 Å². The Kier molecular flexibility index (Phi) is 3.91. The van der Waals surface area contributed by atoms with Gasteiger partial charge < -0.3 is 9.67 Å². The topological polar surface area (TPSA) is 28.4 Å². The third-order valence-corrected chi connectivity index (χ3v) is 5.50. The summed E-state index contributed by atoms with van der Waals surface area (Å²) in [7, 11) is 0. The molecule has 1 fully saturated rings. The Morgan fingerprint density at radius 1 is 1.38 bits per heavy atom. The molecule has 21 heavy (non-hydrogen) atoms. The van der Waals surface area contributed by atoms with Crippen molar-refractivity contribution in [1.82, 2.24) is 9.47 Å². The van der Waals surface area contributed by atoms with Gasteiger partial charge in [0.2, 0.25) is 0 Å². The van der Waals surface area contributed by atoms with Crippen molar-refractivity contribution in [2.24, 2.45) is 5.41 Å². The van der Waals surface area contributed by atoms with Gasteiger partial charge in [-0.2, -0.15) is 0 Å². The van der Waals surface area contributed by atoms with E-state index in [4.69, 9.17) is 0 Å². The predicted molar refractivity (Wildman–Crippen MR) is 86.5 cm³/mol. The van der Waals surface area contributed by atoms with Gasteiger partial charge in [0.05, 0.1) is 6.10 Å². The first-order valence-electron chi connectivity index (χ1n) is 8.52. The van der Waals surface area contributed by atoms with Crippen LogP contribution in [-0.2, 0) is 13.0 Å². The fourth-order valence-electron chi connectivity index (χ4n) is 4.38. The molecule has 1 N–H and O–H groups in total. The molecule has 2 unspecified atom stereocenters. The zero-order valence-electron chi connectivity index (χ0n) is 14.0. The zero-order chi connectivity index (χ0) is 15.2. The molecule has 0 amide bonds. The molecule has 0 radical (unpaired) electrons. The van der Waals surface area contributed by atoms with Gasteiger partial charge in [-0.15, -0.1) is 0 Å². The Hall–Kier alpha value is -0.800. The van der Waals surface area contributed by atoms with Crippen LogP contribution in [0.4, 0.5) is 0 Å². The number of likely N-dealkylation sites (N-methyl/N-ethyl adjacent to an activating group) is 1. The van der Waals surface area contributed by atoms with Crippen molar-refractivity contribution in [3.63, 3.8) is 0 Å². The quantitative estimate of drug-likeness (QED) is 0.925. The van der Waals surface area contributed by atoms with Crippen molar-refractivity contribution in [3.8, 4) is 0 Å². The number of likely N-dealkylation sites (tertiary alicyclic amines) is 1. The molecule has 3 rings (SSSR count). The fraction of sp³-hybridized carbons (Fsp3) is 0.778. The molecule has 1 aromatic heterocycles. The van der Waals surface area contributed by atoms with Gasteiger partial charge >= 0.3 is 0 Å². The van der Waals surface area contributed by atoms with E-state index < -0.39 is 0 Å². The standard InChI is InChI=1S/C18H30N2O/c1-5-19-8-6-7-14(19)12-20-13(2)9-15-16(20)10-18(3,4)11-17(15)21/h9,14,17,21H,5-8,10-12H2,1-4H3. The Morgan fingerprint density at radius 2 is 2.14 bits per heavy atom. The van der Waals surface area contributed by atoms with Crippen LogP contribution in [0.2, 0.25) is 0 Å². The van der Waals surface area contributed by atoms with Gasteiger partial charge in [0.1, 0.15) is 0 Å². The number of fused-ring (bicyclic) bond motifs is 1. The Morgan fingerprint density at radius 3 is 2.86 bits per heavy atom. The van der Waals surface area contributed by atoms with Gasteiger partial charge in [-0.05, 0) is 57.2 Å². The third kappa shape index (κ3) is 2.78. The second kappa shape index (κ2) is 5.44. The van der Waals surface area contributed by atoms with Crippen molar-refractivity contribution in [2.75, 3.05) is 13.1 Å². The molecule has 1 aliphatic heterocycles.